The van der Waals surface area contributed by atoms with Crippen molar-refractivity contribution >= 4 is 11.9 Å². The minimum absolute atomic E-state index is 0.110. The highest BCUT2D eigenvalue weighted by molar-refractivity contribution is 5.88. The van der Waals surface area contributed by atoms with Gasteiger partial charge in [0.05, 0.1) is 7.11 Å². The number of methoxy groups -OCH3 is 1. The lowest BCUT2D eigenvalue weighted by atomic mass is 9.98. The Kier molecular flexibility index (Phi) is 5.86. The lowest BCUT2D eigenvalue weighted by Gasteiger charge is -2.27. The zero-order chi connectivity index (χ0) is 17.7. The van der Waals surface area contributed by atoms with Gasteiger partial charge in [-0.15, -0.1) is 0 Å². The SMILES string of the molecule is COC(=O)C1(NC(=O)COc2cc(C(C)C)ccc2C)CCCC1. The molecular formula is C19H27NO4. The third-order valence-electron chi connectivity index (χ3n) is 4.65. The quantitative estimate of drug-likeness (QED) is 0.813. The van der Waals surface area contributed by atoms with Gasteiger partial charge >= 0.3 is 5.97 Å². The van der Waals surface area contributed by atoms with E-state index in [4.69, 9.17) is 9.47 Å². The maximum Gasteiger partial charge on any atom is 0.331 e. The van der Waals surface area contributed by atoms with Gasteiger partial charge in [-0.25, -0.2) is 4.79 Å². The molecule has 0 atom stereocenters. The molecule has 0 bridgehead atoms. The molecule has 1 N–H and O–H groups in total. The van der Waals surface area contributed by atoms with Crippen molar-refractivity contribution in [1.82, 2.24) is 5.32 Å². The number of hydrogen-bond donors (Lipinski definition) is 1. The topological polar surface area (TPSA) is 64.6 Å². The first-order chi connectivity index (χ1) is 11.4. The number of rotatable bonds is 6. The molecule has 24 heavy (non-hydrogen) atoms. The van der Waals surface area contributed by atoms with Crippen LogP contribution >= 0.6 is 0 Å². The summed E-state index contributed by atoms with van der Waals surface area (Å²) >= 11 is 0. The van der Waals surface area contributed by atoms with Crippen molar-refractivity contribution in [1.29, 1.82) is 0 Å². The lowest BCUT2D eigenvalue weighted by molar-refractivity contribution is -0.151. The van der Waals surface area contributed by atoms with Crippen LogP contribution in [0.1, 0.15) is 56.6 Å². The summed E-state index contributed by atoms with van der Waals surface area (Å²) in [7, 11) is 1.35. The second-order valence-electron chi connectivity index (χ2n) is 6.80. The average Bonchev–Trinajstić information content (AvgIpc) is 3.02. The van der Waals surface area contributed by atoms with Crippen molar-refractivity contribution in [3.05, 3.63) is 29.3 Å². The van der Waals surface area contributed by atoms with E-state index in [1.54, 1.807) is 0 Å². The Morgan fingerprint density at radius 1 is 1.25 bits per heavy atom. The molecule has 1 amide bonds. The molecule has 1 saturated carbocycles. The number of carbonyl (C=O) groups excluding carboxylic acids is 2. The largest absolute Gasteiger partial charge is 0.483 e. The summed E-state index contributed by atoms with van der Waals surface area (Å²) in [4.78, 5) is 24.3. The number of carbonyl (C=O) groups is 2. The molecular weight excluding hydrogens is 306 g/mol. The number of aryl methyl sites for hydroxylation is 1. The Morgan fingerprint density at radius 2 is 1.92 bits per heavy atom. The minimum atomic E-state index is -0.885. The van der Waals surface area contributed by atoms with Gasteiger partial charge in [0, 0.05) is 0 Å². The van der Waals surface area contributed by atoms with Gasteiger partial charge in [-0.3, -0.25) is 4.79 Å². The molecule has 0 spiro atoms. The molecule has 2 rings (SSSR count). The number of nitrogens with one attached hydrogen (secondary N) is 1. The Morgan fingerprint density at radius 3 is 2.50 bits per heavy atom. The molecule has 1 aromatic rings. The third-order valence-corrected chi connectivity index (χ3v) is 4.65. The van der Waals surface area contributed by atoms with Crippen molar-refractivity contribution in [2.45, 2.75) is 57.9 Å². The zero-order valence-corrected chi connectivity index (χ0v) is 15.0. The van der Waals surface area contributed by atoms with Crippen molar-refractivity contribution in [2.24, 2.45) is 0 Å². The zero-order valence-electron chi connectivity index (χ0n) is 15.0. The van der Waals surface area contributed by atoms with Crippen LogP contribution in [0.15, 0.2) is 18.2 Å². The molecule has 0 aliphatic heterocycles. The first kappa shape index (κ1) is 18.3. The Labute approximate surface area is 143 Å². The van der Waals surface area contributed by atoms with Crippen LogP contribution < -0.4 is 10.1 Å². The van der Waals surface area contributed by atoms with Crippen LogP contribution in [0.5, 0.6) is 5.75 Å². The van der Waals surface area contributed by atoms with Crippen LogP contribution in [0, 0.1) is 6.92 Å². The Bertz CT molecular complexity index is 603. The fourth-order valence-electron chi connectivity index (χ4n) is 3.13. The molecule has 1 aromatic carbocycles. The highest BCUT2D eigenvalue weighted by Gasteiger charge is 2.43. The van der Waals surface area contributed by atoms with E-state index >= 15 is 0 Å². The number of hydrogen-bond acceptors (Lipinski definition) is 4. The number of amides is 1. The van der Waals surface area contributed by atoms with E-state index in [0.29, 0.717) is 24.5 Å². The van der Waals surface area contributed by atoms with Gasteiger partial charge in [0.2, 0.25) is 0 Å². The van der Waals surface area contributed by atoms with Crippen LogP contribution in [0.25, 0.3) is 0 Å². The van der Waals surface area contributed by atoms with Crippen LogP contribution in [0.4, 0.5) is 0 Å². The van der Waals surface area contributed by atoms with E-state index in [9.17, 15) is 9.59 Å². The number of benzene rings is 1. The van der Waals surface area contributed by atoms with Gasteiger partial charge in [0.15, 0.2) is 6.61 Å². The van der Waals surface area contributed by atoms with Gasteiger partial charge in [-0.1, -0.05) is 38.8 Å². The van der Waals surface area contributed by atoms with Crippen molar-refractivity contribution in [3.8, 4) is 5.75 Å². The molecule has 0 aromatic heterocycles. The maximum absolute atomic E-state index is 12.3. The molecule has 0 radical (unpaired) electrons. The van der Waals surface area contributed by atoms with Crippen LogP contribution in [-0.2, 0) is 14.3 Å². The Hall–Kier alpha value is -2.04. The van der Waals surface area contributed by atoms with Gasteiger partial charge in [0.25, 0.3) is 5.91 Å². The highest BCUT2D eigenvalue weighted by atomic mass is 16.5. The molecule has 0 unspecified atom stereocenters. The minimum Gasteiger partial charge on any atom is -0.483 e. The summed E-state index contributed by atoms with van der Waals surface area (Å²) < 4.78 is 10.6. The van der Waals surface area contributed by atoms with Crippen molar-refractivity contribution in [3.63, 3.8) is 0 Å². The summed E-state index contributed by atoms with van der Waals surface area (Å²) in [5.41, 5.74) is 1.26. The molecule has 132 valence electrons. The number of ether oxygens (including phenoxy) is 2. The summed E-state index contributed by atoms with van der Waals surface area (Å²) in [5.74, 6) is 0.431. The first-order valence-corrected chi connectivity index (χ1v) is 8.51. The van der Waals surface area contributed by atoms with Crippen molar-refractivity contribution < 1.29 is 19.1 Å². The van der Waals surface area contributed by atoms with Gasteiger partial charge in [0.1, 0.15) is 11.3 Å². The molecule has 5 heteroatoms. The number of esters is 1. The lowest BCUT2D eigenvalue weighted by Crippen LogP contribution is -2.54. The molecule has 5 nitrogen and oxygen atoms in total. The van der Waals surface area contributed by atoms with E-state index in [1.165, 1.54) is 7.11 Å². The molecule has 0 saturated heterocycles. The normalized spacial score (nSPS) is 16.0. The summed E-state index contributed by atoms with van der Waals surface area (Å²) in [6.45, 7) is 6.06. The predicted octanol–water partition coefficient (Wildman–Crippen LogP) is 3.10. The van der Waals surface area contributed by atoms with Gasteiger partial charge in [-0.05, 0) is 42.9 Å². The predicted molar refractivity (Wildman–Crippen MR) is 92.1 cm³/mol. The fraction of sp³-hybridized carbons (Fsp3) is 0.579. The van der Waals surface area contributed by atoms with Gasteiger partial charge in [-0.2, -0.15) is 0 Å². The molecule has 1 fully saturated rings. The second kappa shape index (κ2) is 7.69. The molecule has 1 aliphatic carbocycles. The maximum atomic E-state index is 12.3. The second-order valence-corrected chi connectivity index (χ2v) is 6.80. The van der Waals surface area contributed by atoms with E-state index in [0.717, 1.165) is 24.0 Å². The van der Waals surface area contributed by atoms with Crippen molar-refractivity contribution in [2.75, 3.05) is 13.7 Å². The van der Waals surface area contributed by atoms with E-state index in [-0.39, 0.29) is 18.5 Å². The molecule has 0 heterocycles. The first-order valence-electron chi connectivity index (χ1n) is 8.51. The summed E-state index contributed by atoms with van der Waals surface area (Å²) in [6.07, 6.45) is 3.05. The van der Waals surface area contributed by atoms with Crippen LogP contribution in [0.2, 0.25) is 0 Å². The van der Waals surface area contributed by atoms with E-state index < -0.39 is 5.54 Å². The molecule has 1 aliphatic rings. The monoisotopic (exact) mass is 333 g/mol. The smallest absolute Gasteiger partial charge is 0.331 e. The standard InChI is InChI=1S/C19H27NO4/c1-13(2)15-8-7-14(3)16(11-15)24-12-17(21)20-19(18(22)23-4)9-5-6-10-19/h7-8,11,13H,5-6,9-10,12H2,1-4H3,(H,20,21). The third kappa shape index (κ3) is 4.08. The van der Waals surface area contributed by atoms with Gasteiger partial charge < -0.3 is 14.8 Å². The van der Waals surface area contributed by atoms with Crippen LogP contribution in [0.3, 0.4) is 0 Å². The highest BCUT2D eigenvalue weighted by Crippen LogP contribution is 2.31. The summed E-state index contributed by atoms with van der Waals surface area (Å²) in [5, 5.41) is 2.83. The van der Waals surface area contributed by atoms with E-state index in [2.05, 4.69) is 25.2 Å². The fourth-order valence-corrected chi connectivity index (χ4v) is 3.13. The van der Waals surface area contributed by atoms with Crippen LogP contribution in [-0.4, -0.2) is 31.1 Å². The average molecular weight is 333 g/mol. The summed E-state index contributed by atoms with van der Waals surface area (Å²) in [6, 6.07) is 6.03. The Balaban J connectivity index is 2.00. The van der Waals surface area contributed by atoms with E-state index in [1.807, 2.05) is 19.1 Å².